The predicted molar refractivity (Wildman–Crippen MR) is 133 cm³/mol. The normalized spacial score (nSPS) is 14.1. The van der Waals surface area contributed by atoms with E-state index in [2.05, 4.69) is 0 Å². The van der Waals surface area contributed by atoms with Crippen molar-refractivity contribution < 1.29 is 57.8 Å². The molecule has 1 N–H and O–H groups in total. The number of carbonyl (C=O) groups is 1. The first-order chi connectivity index (χ1) is 19.8. The lowest BCUT2D eigenvalue weighted by atomic mass is 9.76. The Morgan fingerprint density at radius 1 is 0.767 bits per heavy atom. The van der Waals surface area contributed by atoms with E-state index in [1.807, 2.05) is 5.32 Å². The van der Waals surface area contributed by atoms with Crippen molar-refractivity contribution in [3.05, 3.63) is 101 Å². The molecule has 0 spiro atoms. The van der Waals surface area contributed by atoms with Crippen LogP contribution in [-0.4, -0.2) is 24.4 Å². The summed E-state index contributed by atoms with van der Waals surface area (Å²) < 4.78 is 157. The number of hydrogen-bond donors (Lipinski definition) is 1. The van der Waals surface area contributed by atoms with E-state index in [1.165, 1.54) is 44.2 Å². The Bertz CT molecular complexity index is 1400. The van der Waals surface area contributed by atoms with Crippen molar-refractivity contribution in [2.24, 2.45) is 5.92 Å². The third kappa shape index (κ3) is 7.96. The van der Waals surface area contributed by atoms with E-state index in [-0.39, 0.29) is 11.6 Å². The van der Waals surface area contributed by atoms with Crippen LogP contribution in [0.1, 0.15) is 42.5 Å². The van der Waals surface area contributed by atoms with Gasteiger partial charge >= 0.3 is 18.5 Å². The van der Waals surface area contributed by atoms with Crippen LogP contribution >= 0.6 is 0 Å². The highest BCUT2D eigenvalue weighted by Gasteiger charge is 2.57. The van der Waals surface area contributed by atoms with Crippen molar-refractivity contribution in [3.8, 4) is 5.75 Å². The zero-order valence-electron chi connectivity index (χ0n) is 22.4. The van der Waals surface area contributed by atoms with Gasteiger partial charge in [0.2, 0.25) is 5.91 Å². The maximum absolute atomic E-state index is 15.7. The second-order valence-electron chi connectivity index (χ2n) is 9.93. The molecule has 3 aromatic carbocycles. The first kappa shape index (κ1) is 33.7. The van der Waals surface area contributed by atoms with Gasteiger partial charge in [-0.2, -0.15) is 39.5 Å². The van der Waals surface area contributed by atoms with E-state index in [4.69, 9.17) is 4.74 Å². The second-order valence-corrected chi connectivity index (χ2v) is 9.93. The van der Waals surface area contributed by atoms with E-state index < -0.39 is 88.9 Å². The van der Waals surface area contributed by atoms with Gasteiger partial charge in [-0.1, -0.05) is 48.5 Å². The molecule has 43 heavy (non-hydrogen) atoms. The number of para-hydroxylation sites is 1. The van der Waals surface area contributed by atoms with Gasteiger partial charge in [0.15, 0.2) is 17.5 Å². The van der Waals surface area contributed by atoms with Gasteiger partial charge in [0.25, 0.3) is 0 Å². The number of benzene rings is 3. The van der Waals surface area contributed by atoms with E-state index in [9.17, 15) is 44.3 Å². The second kappa shape index (κ2) is 12.4. The molecular formula is C29H24F11NO2. The van der Waals surface area contributed by atoms with E-state index in [0.29, 0.717) is 12.1 Å². The third-order valence-electron chi connectivity index (χ3n) is 6.38. The fourth-order valence-electron chi connectivity index (χ4n) is 4.55. The molecule has 0 saturated heterocycles. The molecule has 0 aliphatic carbocycles. The fraction of sp³-hybridized carbons (Fsp3) is 0.345. The van der Waals surface area contributed by atoms with Crippen LogP contribution in [0.2, 0.25) is 0 Å². The Balaban J connectivity index is 2.38. The molecule has 234 valence electrons. The summed E-state index contributed by atoms with van der Waals surface area (Å²) in [5.41, 5.74) is -5.10. The van der Waals surface area contributed by atoms with Gasteiger partial charge in [-0.3, -0.25) is 4.79 Å². The number of alkyl halides is 9. The van der Waals surface area contributed by atoms with Crippen LogP contribution in [-0.2, 0) is 22.9 Å². The lowest BCUT2D eigenvalue weighted by Gasteiger charge is -2.38. The molecule has 3 aromatic rings. The summed E-state index contributed by atoms with van der Waals surface area (Å²) in [7, 11) is 0. The van der Waals surface area contributed by atoms with Crippen molar-refractivity contribution in [2.75, 3.05) is 0 Å². The van der Waals surface area contributed by atoms with Gasteiger partial charge in [0, 0.05) is 24.0 Å². The van der Waals surface area contributed by atoms with Crippen LogP contribution in [0.15, 0.2) is 66.7 Å². The maximum atomic E-state index is 15.7. The molecule has 0 aromatic heterocycles. The van der Waals surface area contributed by atoms with Crippen molar-refractivity contribution in [1.29, 1.82) is 0 Å². The number of hydrogen-bond acceptors (Lipinski definition) is 2. The van der Waals surface area contributed by atoms with Crippen LogP contribution in [0.4, 0.5) is 48.3 Å². The molecule has 1 amide bonds. The minimum absolute atomic E-state index is 0.0533. The van der Waals surface area contributed by atoms with E-state index in [1.54, 1.807) is 0 Å². The summed E-state index contributed by atoms with van der Waals surface area (Å²) in [4.78, 5) is 13.1. The number of rotatable bonds is 9. The van der Waals surface area contributed by atoms with E-state index >= 15 is 8.78 Å². The van der Waals surface area contributed by atoms with Gasteiger partial charge in [-0.15, -0.1) is 0 Å². The lowest BCUT2D eigenvalue weighted by molar-refractivity contribution is -0.284. The topological polar surface area (TPSA) is 38.3 Å². The van der Waals surface area contributed by atoms with Crippen molar-refractivity contribution in [3.63, 3.8) is 0 Å². The van der Waals surface area contributed by atoms with Gasteiger partial charge in [-0.05, 0) is 37.6 Å². The lowest BCUT2D eigenvalue weighted by Crippen LogP contribution is -2.51. The Hall–Kier alpha value is -3.84. The number of nitrogens with one attached hydrogen (secondary N) is 1. The fourth-order valence-corrected chi connectivity index (χ4v) is 4.55. The van der Waals surface area contributed by atoms with Crippen LogP contribution in [0.5, 0.6) is 5.75 Å². The van der Waals surface area contributed by atoms with Crippen molar-refractivity contribution in [2.45, 2.75) is 56.9 Å². The Kier molecular flexibility index (Phi) is 9.71. The number of ether oxygens (including phenoxy) is 1. The highest BCUT2D eigenvalue weighted by Crippen LogP contribution is 2.45. The van der Waals surface area contributed by atoms with Crippen molar-refractivity contribution in [1.82, 2.24) is 5.32 Å². The van der Waals surface area contributed by atoms with Crippen LogP contribution in [0, 0.1) is 17.6 Å². The predicted octanol–water partition coefficient (Wildman–Crippen LogP) is 8.50. The molecule has 0 radical (unpaired) electrons. The molecule has 0 aliphatic heterocycles. The average Bonchev–Trinajstić information content (AvgIpc) is 2.86. The molecular weight excluding hydrogens is 603 g/mol. The Labute approximate surface area is 238 Å². The van der Waals surface area contributed by atoms with Gasteiger partial charge in [0.1, 0.15) is 11.4 Å². The molecule has 0 saturated carbocycles. The first-order valence-corrected chi connectivity index (χ1v) is 12.6. The number of halogens is 11. The zero-order chi connectivity index (χ0) is 32.4. The molecule has 0 aliphatic rings. The van der Waals surface area contributed by atoms with Gasteiger partial charge < -0.3 is 10.1 Å². The van der Waals surface area contributed by atoms with Gasteiger partial charge in [-0.25, -0.2) is 8.78 Å². The largest absolute Gasteiger partial charge is 0.488 e. The molecule has 3 nitrogen and oxygen atoms in total. The highest BCUT2D eigenvalue weighted by molar-refractivity contribution is 5.79. The number of amides is 1. The standard InChI is InChI=1S/C29H24F11NO2/c1-16(2)43-25-20(9-6-10-21(25)30)26(15-17-7-4-3-5-8-17,19-12-11-18(13-22(19)31)27(32,33)34)41-24(42)14-23(28(35,36)37)29(38,39)40/h3-13,16,23H,14-15H2,1-2H3,(H,41,42). The molecule has 3 rings (SSSR count). The molecule has 14 heteroatoms. The Morgan fingerprint density at radius 2 is 1.37 bits per heavy atom. The van der Waals surface area contributed by atoms with Crippen molar-refractivity contribution >= 4 is 5.91 Å². The van der Waals surface area contributed by atoms with Crippen LogP contribution < -0.4 is 10.1 Å². The van der Waals surface area contributed by atoms with Crippen LogP contribution in [0.25, 0.3) is 0 Å². The SMILES string of the molecule is CC(C)Oc1c(F)cccc1C(Cc1ccccc1)(NC(=O)CC(C(F)(F)F)C(F)(F)F)c1ccc(C(F)(F)F)cc1F. The first-order valence-electron chi connectivity index (χ1n) is 12.6. The molecule has 0 fully saturated rings. The zero-order valence-corrected chi connectivity index (χ0v) is 22.4. The van der Waals surface area contributed by atoms with Gasteiger partial charge in [0.05, 0.1) is 11.7 Å². The molecule has 1 atom stereocenters. The number of carbonyl (C=O) groups excluding carboxylic acids is 1. The summed E-state index contributed by atoms with van der Waals surface area (Å²) >= 11 is 0. The minimum Gasteiger partial charge on any atom is -0.488 e. The molecule has 1 unspecified atom stereocenters. The molecule has 0 bridgehead atoms. The quantitative estimate of drug-likeness (QED) is 0.242. The summed E-state index contributed by atoms with van der Waals surface area (Å²) in [5.74, 6) is -9.42. The maximum Gasteiger partial charge on any atom is 0.416 e. The third-order valence-corrected chi connectivity index (χ3v) is 6.38. The average molecular weight is 627 g/mol. The van der Waals surface area contributed by atoms with E-state index in [0.717, 1.165) is 18.2 Å². The highest BCUT2D eigenvalue weighted by atomic mass is 19.4. The summed E-state index contributed by atoms with van der Waals surface area (Å²) in [6, 6.07) is 11.3. The Morgan fingerprint density at radius 3 is 1.88 bits per heavy atom. The summed E-state index contributed by atoms with van der Waals surface area (Å²) in [6.45, 7) is 2.90. The summed E-state index contributed by atoms with van der Waals surface area (Å²) in [6.07, 6.45) is -20.5. The summed E-state index contributed by atoms with van der Waals surface area (Å²) in [5, 5.41) is 2.02. The van der Waals surface area contributed by atoms with Crippen LogP contribution in [0.3, 0.4) is 0 Å². The minimum atomic E-state index is -5.91. The molecule has 0 heterocycles. The monoisotopic (exact) mass is 627 g/mol. The smallest absolute Gasteiger partial charge is 0.416 e.